The topological polar surface area (TPSA) is 66.5 Å². The van der Waals surface area contributed by atoms with Crippen molar-refractivity contribution in [1.29, 1.82) is 0 Å². The highest BCUT2D eigenvalue weighted by molar-refractivity contribution is 7.98. The molecule has 0 radical (unpaired) electrons. The molecule has 3 aromatic rings. The van der Waals surface area contributed by atoms with Crippen molar-refractivity contribution in [3.05, 3.63) is 90.0 Å². The average Bonchev–Trinajstić information content (AvgIpc) is 2.74. The van der Waals surface area contributed by atoms with Gasteiger partial charge in [0.2, 0.25) is 15.9 Å². The predicted octanol–water partition coefficient (Wildman–Crippen LogP) is 5.08. The highest BCUT2D eigenvalue weighted by atomic mass is 32.2. The van der Waals surface area contributed by atoms with Gasteiger partial charge in [-0.25, -0.2) is 8.42 Å². The van der Waals surface area contributed by atoms with Gasteiger partial charge < -0.3 is 5.32 Å². The second kappa shape index (κ2) is 10.0. The molecule has 3 rings (SSSR count). The molecule has 1 atom stereocenters. The molecule has 3 aromatic carbocycles. The van der Waals surface area contributed by atoms with E-state index in [9.17, 15) is 13.2 Å². The maximum absolute atomic E-state index is 12.9. The third-order valence-electron chi connectivity index (χ3n) is 4.80. The molecule has 0 unspecified atom stereocenters. The first-order valence-corrected chi connectivity index (χ1v) is 12.7. The maximum atomic E-state index is 12.9. The van der Waals surface area contributed by atoms with Gasteiger partial charge in [0, 0.05) is 16.3 Å². The van der Waals surface area contributed by atoms with E-state index in [1.165, 1.54) is 4.90 Å². The lowest BCUT2D eigenvalue weighted by Gasteiger charge is -2.28. The van der Waals surface area contributed by atoms with E-state index in [-0.39, 0.29) is 5.91 Å². The number of amides is 1. The van der Waals surface area contributed by atoms with Gasteiger partial charge in [-0.05, 0) is 55.3 Å². The van der Waals surface area contributed by atoms with Crippen molar-refractivity contribution in [3.63, 3.8) is 0 Å². The number of benzene rings is 3. The van der Waals surface area contributed by atoms with Crippen LogP contribution in [0.15, 0.2) is 83.8 Å². The van der Waals surface area contributed by atoms with Gasteiger partial charge in [-0.2, -0.15) is 0 Å². The second-order valence-electron chi connectivity index (χ2n) is 7.31. The number of hydrogen-bond acceptors (Lipinski definition) is 4. The van der Waals surface area contributed by atoms with E-state index in [0.717, 1.165) is 27.4 Å². The molecule has 31 heavy (non-hydrogen) atoms. The lowest BCUT2D eigenvalue weighted by molar-refractivity contribution is -0.116. The first-order valence-electron chi connectivity index (χ1n) is 9.88. The quantitative estimate of drug-likeness (QED) is 0.482. The van der Waals surface area contributed by atoms with Crippen LogP contribution in [0.25, 0.3) is 0 Å². The minimum Gasteiger partial charge on any atom is -0.324 e. The predicted molar refractivity (Wildman–Crippen MR) is 129 cm³/mol. The lowest BCUT2D eigenvalue weighted by Crippen LogP contribution is -2.45. The number of anilines is 2. The van der Waals surface area contributed by atoms with Crippen LogP contribution < -0.4 is 9.62 Å². The van der Waals surface area contributed by atoms with E-state index in [0.29, 0.717) is 11.4 Å². The number of aryl methyl sites for hydroxylation is 1. The van der Waals surface area contributed by atoms with Crippen LogP contribution in [0.4, 0.5) is 11.4 Å². The number of hydrogen-bond donors (Lipinski definition) is 1. The molecule has 0 aliphatic rings. The maximum Gasteiger partial charge on any atom is 0.248 e. The minimum atomic E-state index is -3.64. The third-order valence-corrected chi connectivity index (χ3v) is 7.12. The fourth-order valence-corrected chi connectivity index (χ4v) is 5.30. The first kappa shape index (κ1) is 22.9. The van der Waals surface area contributed by atoms with Crippen molar-refractivity contribution in [2.24, 2.45) is 0 Å². The summed E-state index contributed by atoms with van der Waals surface area (Å²) in [6, 6.07) is 23.8. The summed E-state index contributed by atoms with van der Waals surface area (Å²) >= 11 is 1.75. The van der Waals surface area contributed by atoms with Crippen molar-refractivity contribution in [1.82, 2.24) is 0 Å². The number of para-hydroxylation sites is 1. The molecule has 0 spiro atoms. The van der Waals surface area contributed by atoms with Crippen LogP contribution in [0, 0.1) is 6.92 Å². The molecule has 0 saturated heterocycles. The molecular weight excluding hydrogens is 428 g/mol. The number of rotatable bonds is 8. The van der Waals surface area contributed by atoms with Crippen molar-refractivity contribution < 1.29 is 13.2 Å². The Morgan fingerprint density at radius 3 is 2.19 bits per heavy atom. The van der Waals surface area contributed by atoms with Crippen LogP contribution in [0.1, 0.15) is 18.1 Å². The van der Waals surface area contributed by atoms with E-state index in [1.807, 2.05) is 43.3 Å². The molecule has 1 N–H and O–H groups in total. The van der Waals surface area contributed by atoms with Crippen LogP contribution in [0.5, 0.6) is 0 Å². The fraction of sp³-hybridized carbons (Fsp3) is 0.208. The van der Waals surface area contributed by atoms with Crippen molar-refractivity contribution in [2.45, 2.75) is 30.5 Å². The Balaban J connectivity index is 1.71. The van der Waals surface area contributed by atoms with Crippen LogP contribution in [-0.2, 0) is 20.6 Å². The number of sulfonamides is 1. The summed E-state index contributed by atoms with van der Waals surface area (Å²) in [5, 5.41) is 2.88. The zero-order chi connectivity index (χ0) is 22.4. The molecule has 0 aliphatic heterocycles. The Kier molecular flexibility index (Phi) is 7.41. The molecule has 7 heteroatoms. The molecule has 0 fully saturated rings. The molecule has 0 heterocycles. The Labute approximate surface area is 188 Å². The van der Waals surface area contributed by atoms with Gasteiger partial charge in [0.05, 0.1) is 11.9 Å². The molecule has 0 aliphatic carbocycles. The van der Waals surface area contributed by atoms with Crippen LogP contribution in [0.3, 0.4) is 0 Å². The van der Waals surface area contributed by atoms with Crippen LogP contribution >= 0.6 is 11.8 Å². The van der Waals surface area contributed by atoms with Crippen LogP contribution in [0.2, 0.25) is 0 Å². The van der Waals surface area contributed by atoms with E-state index in [1.54, 1.807) is 49.0 Å². The highest BCUT2D eigenvalue weighted by Gasteiger charge is 2.29. The van der Waals surface area contributed by atoms with Crippen molar-refractivity contribution in [2.75, 3.05) is 15.9 Å². The lowest BCUT2D eigenvalue weighted by atomic mass is 10.1. The van der Waals surface area contributed by atoms with Crippen LogP contribution in [-0.4, -0.2) is 26.6 Å². The van der Waals surface area contributed by atoms with Crippen molar-refractivity contribution >= 4 is 39.1 Å². The third kappa shape index (κ3) is 6.12. The van der Waals surface area contributed by atoms with E-state index < -0.39 is 16.1 Å². The molecule has 0 bridgehead atoms. The Morgan fingerprint density at radius 2 is 1.61 bits per heavy atom. The smallest absolute Gasteiger partial charge is 0.248 e. The number of carbonyl (C=O) groups is 1. The summed E-state index contributed by atoms with van der Waals surface area (Å²) in [7, 11) is -3.64. The number of nitrogens with zero attached hydrogens (tertiary/aromatic N) is 1. The van der Waals surface area contributed by atoms with Gasteiger partial charge in [0.15, 0.2) is 0 Å². The number of nitrogens with one attached hydrogen (secondary N) is 1. The Hall–Kier alpha value is -2.77. The minimum absolute atomic E-state index is 0.385. The molecule has 5 nitrogen and oxygen atoms in total. The molecule has 1 amide bonds. The van der Waals surface area contributed by atoms with E-state index >= 15 is 0 Å². The molecule has 162 valence electrons. The van der Waals surface area contributed by atoms with Gasteiger partial charge in [-0.15, -0.1) is 11.8 Å². The highest BCUT2D eigenvalue weighted by Crippen LogP contribution is 2.26. The molecule has 0 aromatic heterocycles. The van der Waals surface area contributed by atoms with Gasteiger partial charge in [-0.3, -0.25) is 9.10 Å². The Morgan fingerprint density at radius 1 is 1.00 bits per heavy atom. The summed E-state index contributed by atoms with van der Waals surface area (Å²) in [4.78, 5) is 14.1. The fourth-order valence-electron chi connectivity index (χ4n) is 3.26. The normalized spacial score (nSPS) is 12.2. The van der Waals surface area contributed by atoms with Gasteiger partial charge >= 0.3 is 0 Å². The zero-order valence-electron chi connectivity index (χ0n) is 17.8. The Bertz CT molecular complexity index is 1130. The average molecular weight is 455 g/mol. The van der Waals surface area contributed by atoms with Gasteiger partial charge in [0.1, 0.15) is 6.04 Å². The number of carbonyl (C=O) groups excluding carboxylic acids is 1. The largest absolute Gasteiger partial charge is 0.324 e. The summed E-state index contributed by atoms with van der Waals surface area (Å²) in [5.74, 6) is 0.439. The number of thioether (sulfide) groups is 1. The first-order chi connectivity index (χ1) is 14.8. The zero-order valence-corrected chi connectivity index (χ0v) is 19.4. The summed E-state index contributed by atoms with van der Waals surface area (Å²) in [6.07, 6.45) is 1.11. The SMILES string of the molecule is Cc1cc(CSc2ccccc2)ccc1NC(=O)[C@H](C)N(c1ccccc1)S(C)(=O)=O. The van der Waals surface area contributed by atoms with Crippen molar-refractivity contribution in [3.8, 4) is 0 Å². The van der Waals surface area contributed by atoms with Gasteiger partial charge in [-0.1, -0.05) is 48.5 Å². The molecule has 0 saturated carbocycles. The standard InChI is InChI=1S/C24H26N2O3S2/c1-18-16-20(17-30-22-12-8-5-9-13-22)14-15-23(18)25-24(27)19(2)26(31(3,28)29)21-10-6-4-7-11-21/h4-16,19H,17H2,1-3H3,(H,25,27)/t19-/m0/s1. The van der Waals surface area contributed by atoms with E-state index in [2.05, 4.69) is 17.4 Å². The summed E-state index contributed by atoms with van der Waals surface area (Å²) < 4.78 is 25.9. The summed E-state index contributed by atoms with van der Waals surface area (Å²) in [6.45, 7) is 3.52. The molecular formula is C24H26N2O3S2. The second-order valence-corrected chi connectivity index (χ2v) is 10.2. The van der Waals surface area contributed by atoms with E-state index in [4.69, 9.17) is 0 Å². The monoisotopic (exact) mass is 454 g/mol. The van der Waals surface area contributed by atoms with Gasteiger partial charge in [0.25, 0.3) is 0 Å². The summed E-state index contributed by atoms with van der Waals surface area (Å²) in [5.41, 5.74) is 3.21.